The van der Waals surface area contributed by atoms with Crippen LogP contribution in [-0.2, 0) is 19.4 Å². The quantitative estimate of drug-likeness (QED) is 0.727. The summed E-state index contributed by atoms with van der Waals surface area (Å²) >= 11 is 0. The second-order valence-electron chi connectivity index (χ2n) is 5.12. The van der Waals surface area contributed by atoms with Crippen LogP contribution in [-0.4, -0.2) is 45.4 Å². The molecule has 0 unspecified atom stereocenters. The van der Waals surface area contributed by atoms with Crippen molar-refractivity contribution in [1.29, 1.82) is 0 Å². The molecule has 1 heterocycles. The van der Waals surface area contributed by atoms with E-state index in [0.29, 0.717) is 13.0 Å². The Morgan fingerprint density at radius 1 is 1.32 bits per heavy atom. The highest BCUT2D eigenvalue weighted by Crippen LogP contribution is 2.18. The number of sulfone groups is 1. The smallest absolute Gasteiger partial charge is 0.249 e. The molecule has 0 saturated carbocycles. The molecule has 1 amide bonds. The summed E-state index contributed by atoms with van der Waals surface area (Å²) in [7, 11) is -3.55. The molecule has 0 radical (unpaired) electrons. The summed E-state index contributed by atoms with van der Waals surface area (Å²) in [5, 5.41) is 2.55. The normalized spacial score (nSPS) is 21.7. The average Bonchev–Trinajstić information content (AvgIpc) is 2.96. The molecule has 22 heavy (non-hydrogen) atoms. The Kier molecular flexibility index (Phi) is 5.49. The number of halogens is 1. The molecule has 1 saturated heterocycles. The van der Waals surface area contributed by atoms with Crippen LogP contribution in [0.2, 0.25) is 0 Å². The molecule has 8 heteroatoms. The number of benzene rings is 1. The highest BCUT2D eigenvalue weighted by atomic mass is 32.2. The average molecular weight is 330 g/mol. The summed E-state index contributed by atoms with van der Waals surface area (Å²) in [5.74, 6) is -1.08. The van der Waals surface area contributed by atoms with Gasteiger partial charge in [0, 0.05) is 13.1 Å². The zero-order valence-corrected chi connectivity index (χ0v) is 12.8. The molecule has 0 bridgehead atoms. The van der Waals surface area contributed by atoms with Crippen LogP contribution in [0.15, 0.2) is 29.2 Å². The number of hydrogen-bond acceptors (Lipinski definition) is 5. The summed E-state index contributed by atoms with van der Waals surface area (Å²) < 4.78 is 42.3. The standard InChI is InChI=1S/C14H19FN2O4S/c15-10-1-4-12(5-2-10)22(19,20)8-7-17-14(18)13-6-3-11(9-16)21-13/h1-2,4-5,11,13H,3,6-9,16H2,(H,17,18)/t11-,13+/m1/s1. The first kappa shape index (κ1) is 16.9. The van der Waals surface area contributed by atoms with Crippen molar-refractivity contribution < 1.29 is 22.3 Å². The summed E-state index contributed by atoms with van der Waals surface area (Å²) in [6, 6.07) is 4.59. The minimum absolute atomic E-state index is 0.0221. The van der Waals surface area contributed by atoms with E-state index in [9.17, 15) is 17.6 Å². The van der Waals surface area contributed by atoms with E-state index in [2.05, 4.69) is 5.32 Å². The number of carbonyl (C=O) groups is 1. The lowest BCUT2D eigenvalue weighted by atomic mass is 10.2. The Morgan fingerprint density at radius 3 is 2.59 bits per heavy atom. The van der Waals surface area contributed by atoms with Gasteiger partial charge in [0.2, 0.25) is 5.91 Å². The van der Waals surface area contributed by atoms with Crippen molar-refractivity contribution in [3.05, 3.63) is 30.1 Å². The molecule has 0 aromatic heterocycles. The van der Waals surface area contributed by atoms with Gasteiger partial charge in [-0.15, -0.1) is 0 Å². The molecule has 0 aliphatic carbocycles. The van der Waals surface area contributed by atoms with Crippen LogP contribution in [0.5, 0.6) is 0 Å². The van der Waals surface area contributed by atoms with Crippen molar-refractivity contribution in [1.82, 2.24) is 5.32 Å². The number of rotatable bonds is 6. The molecule has 3 N–H and O–H groups in total. The first-order valence-electron chi connectivity index (χ1n) is 7.04. The fourth-order valence-electron chi connectivity index (χ4n) is 2.25. The predicted molar refractivity (Wildman–Crippen MR) is 78.4 cm³/mol. The van der Waals surface area contributed by atoms with E-state index in [1.54, 1.807) is 0 Å². The van der Waals surface area contributed by atoms with Gasteiger partial charge in [-0.2, -0.15) is 0 Å². The van der Waals surface area contributed by atoms with Crippen molar-refractivity contribution in [2.24, 2.45) is 5.73 Å². The molecule has 1 fully saturated rings. The third-order valence-electron chi connectivity index (χ3n) is 3.51. The number of amides is 1. The van der Waals surface area contributed by atoms with Gasteiger partial charge in [-0.05, 0) is 37.1 Å². The third-order valence-corrected chi connectivity index (χ3v) is 5.24. The molecule has 2 rings (SSSR count). The maximum absolute atomic E-state index is 12.8. The highest BCUT2D eigenvalue weighted by molar-refractivity contribution is 7.91. The molecular weight excluding hydrogens is 311 g/mol. The van der Waals surface area contributed by atoms with Crippen molar-refractivity contribution in [3.63, 3.8) is 0 Å². The molecule has 1 aromatic rings. The Hall–Kier alpha value is -1.51. The van der Waals surface area contributed by atoms with Gasteiger partial charge in [0.15, 0.2) is 9.84 Å². The Morgan fingerprint density at radius 2 is 2.00 bits per heavy atom. The van der Waals surface area contributed by atoms with E-state index in [0.717, 1.165) is 18.6 Å². The second kappa shape index (κ2) is 7.17. The molecule has 1 aliphatic rings. The summed E-state index contributed by atoms with van der Waals surface area (Å²) in [6.45, 7) is 0.342. The van der Waals surface area contributed by atoms with Gasteiger partial charge in [-0.1, -0.05) is 0 Å². The Balaban J connectivity index is 1.83. The van der Waals surface area contributed by atoms with Gasteiger partial charge in [0.1, 0.15) is 11.9 Å². The third kappa shape index (κ3) is 4.25. The summed E-state index contributed by atoms with van der Waals surface area (Å²) in [6.07, 6.45) is 0.627. The lowest BCUT2D eigenvalue weighted by Gasteiger charge is -2.12. The maximum atomic E-state index is 12.8. The van der Waals surface area contributed by atoms with E-state index >= 15 is 0 Å². The predicted octanol–water partition coefficient (Wildman–Crippen LogP) is 0.222. The first-order chi connectivity index (χ1) is 10.4. The molecule has 6 nitrogen and oxygen atoms in total. The van der Waals surface area contributed by atoms with Crippen molar-refractivity contribution >= 4 is 15.7 Å². The topological polar surface area (TPSA) is 98.5 Å². The van der Waals surface area contributed by atoms with Gasteiger partial charge >= 0.3 is 0 Å². The second-order valence-corrected chi connectivity index (χ2v) is 7.23. The summed E-state index contributed by atoms with van der Waals surface area (Å²) in [4.78, 5) is 11.9. The van der Waals surface area contributed by atoms with Gasteiger partial charge in [-0.25, -0.2) is 12.8 Å². The lowest BCUT2D eigenvalue weighted by molar-refractivity contribution is -0.131. The largest absolute Gasteiger partial charge is 0.364 e. The van der Waals surface area contributed by atoms with Gasteiger partial charge in [0.05, 0.1) is 16.8 Å². The van der Waals surface area contributed by atoms with Crippen LogP contribution in [0.4, 0.5) is 4.39 Å². The van der Waals surface area contributed by atoms with Crippen LogP contribution < -0.4 is 11.1 Å². The monoisotopic (exact) mass is 330 g/mol. The lowest BCUT2D eigenvalue weighted by Crippen LogP contribution is -2.37. The number of nitrogens with two attached hydrogens (primary N) is 1. The van der Waals surface area contributed by atoms with Crippen LogP contribution in [0, 0.1) is 5.82 Å². The first-order valence-corrected chi connectivity index (χ1v) is 8.69. The van der Waals surface area contributed by atoms with E-state index in [1.165, 1.54) is 12.1 Å². The Bertz CT molecular complexity index is 618. The minimum atomic E-state index is -3.55. The van der Waals surface area contributed by atoms with Gasteiger partial charge in [0.25, 0.3) is 0 Å². The zero-order valence-electron chi connectivity index (χ0n) is 12.0. The number of ether oxygens (including phenoxy) is 1. The minimum Gasteiger partial charge on any atom is -0.364 e. The van der Waals surface area contributed by atoms with Crippen LogP contribution in [0.25, 0.3) is 0 Å². The highest BCUT2D eigenvalue weighted by Gasteiger charge is 2.29. The SMILES string of the molecule is NC[C@H]1CC[C@@H](C(=O)NCCS(=O)(=O)c2ccc(F)cc2)O1. The molecule has 1 aromatic carbocycles. The van der Waals surface area contributed by atoms with E-state index in [1.807, 2.05) is 0 Å². The van der Waals surface area contributed by atoms with Crippen molar-refractivity contribution in [2.45, 2.75) is 29.9 Å². The number of hydrogen-bond donors (Lipinski definition) is 2. The summed E-state index contributed by atoms with van der Waals surface area (Å²) in [5.41, 5.74) is 5.47. The molecule has 1 aliphatic heterocycles. The molecule has 2 atom stereocenters. The van der Waals surface area contributed by atoms with Gasteiger partial charge in [-0.3, -0.25) is 4.79 Å². The van der Waals surface area contributed by atoms with E-state index < -0.39 is 21.8 Å². The van der Waals surface area contributed by atoms with E-state index in [4.69, 9.17) is 10.5 Å². The fraction of sp³-hybridized carbons (Fsp3) is 0.500. The molecular formula is C14H19FN2O4S. The Labute approximate surface area is 128 Å². The number of nitrogens with one attached hydrogen (secondary N) is 1. The maximum Gasteiger partial charge on any atom is 0.249 e. The van der Waals surface area contributed by atoms with Crippen LogP contribution in [0.1, 0.15) is 12.8 Å². The zero-order chi connectivity index (χ0) is 16.2. The molecule has 0 spiro atoms. The van der Waals surface area contributed by atoms with E-state index in [-0.39, 0.29) is 29.2 Å². The van der Waals surface area contributed by atoms with Crippen molar-refractivity contribution in [3.8, 4) is 0 Å². The van der Waals surface area contributed by atoms with Crippen LogP contribution >= 0.6 is 0 Å². The van der Waals surface area contributed by atoms with Crippen LogP contribution in [0.3, 0.4) is 0 Å². The fourth-order valence-corrected chi connectivity index (χ4v) is 3.41. The van der Waals surface area contributed by atoms with Gasteiger partial charge < -0.3 is 15.8 Å². The molecule has 122 valence electrons. The number of carbonyl (C=O) groups excluding carboxylic acids is 1. The van der Waals surface area contributed by atoms with Crippen molar-refractivity contribution in [2.75, 3.05) is 18.8 Å².